The first kappa shape index (κ1) is 16.4. The fraction of sp³-hybridized carbons (Fsp3) is 0.462. The van der Waals surface area contributed by atoms with E-state index in [1.54, 1.807) is 13.8 Å². The summed E-state index contributed by atoms with van der Waals surface area (Å²) in [5.41, 5.74) is -3.45. The molecule has 0 saturated heterocycles. The average Bonchev–Trinajstić information content (AvgIpc) is 2.29. The zero-order valence-electron chi connectivity index (χ0n) is 11.2. The summed E-state index contributed by atoms with van der Waals surface area (Å²) >= 11 is 0. The second-order valence-corrected chi connectivity index (χ2v) is 4.95. The van der Waals surface area contributed by atoms with Gasteiger partial charge in [0.25, 0.3) is 5.91 Å². The fourth-order valence-electron chi connectivity index (χ4n) is 1.34. The fourth-order valence-corrected chi connectivity index (χ4v) is 1.34. The van der Waals surface area contributed by atoms with Gasteiger partial charge in [-0.25, -0.2) is 4.39 Å². The second kappa shape index (κ2) is 5.40. The first-order chi connectivity index (χ1) is 8.96. The molecule has 1 aromatic carbocycles. The minimum absolute atomic E-state index is 0.232. The summed E-state index contributed by atoms with van der Waals surface area (Å²) in [6, 6.07) is 2.10. The number of aliphatic hydroxyl groups is 1. The Bertz CT molecular complexity index is 510. The van der Waals surface area contributed by atoms with Crippen LogP contribution in [0, 0.1) is 11.7 Å². The molecule has 1 amide bonds. The number of hydrogen-bond acceptors (Lipinski definition) is 2. The molecule has 2 N–H and O–H groups in total. The molecule has 1 aromatic rings. The highest BCUT2D eigenvalue weighted by molar-refractivity contribution is 5.97. The van der Waals surface area contributed by atoms with Gasteiger partial charge in [-0.2, -0.15) is 13.2 Å². The van der Waals surface area contributed by atoms with Gasteiger partial charge < -0.3 is 10.4 Å². The molecule has 0 bridgehead atoms. The molecule has 20 heavy (non-hydrogen) atoms. The van der Waals surface area contributed by atoms with Crippen molar-refractivity contribution in [2.24, 2.45) is 5.92 Å². The normalized spacial score (nSPS) is 15.1. The molecular formula is C13H15F4NO2. The van der Waals surface area contributed by atoms with Crippen molar-refractivity contribution in [3.05, 3.63) is 29.6 Å². The van der Waals surface area contributed by atoms with Crippen LogP contribution in [-0.4, -0.2) is 16.6 Å². The monoisotopic (exact) mass is 293 g/mol. The van der Waals surface area contributed by atoms with Gasteiger partial charge in [0.2, 0.25) is 0 Å². The number of rotatable bonds is 3. The highest BCUT2D eigenvalue weighted by Crippen LogP contribution is 2.33. The van der Waals surface area contributed by atoms with E-state index in [2.05, 4.69) is 5.32 Å². The molecule has 0 heterocycles. The van der Waals surface area contributed by atoms with Crippen LogP contribution in [0.25, 0.3) is 0 Å². The van der Waals surface area contributed by atoms with Crippen LogP contribution in [0.2, 0.25) is 0 Å². The lowest BCUT2D eigenvalue weighted by Gasteiger charge is -2.26. The predicted octanol–water partition coefficient (Wildman–Crippen LogP) is 3.19. The highest BCUT2D eigenvalue weighted by Gasteiger charge is 2.36. The maximum atomic E-state index is 13.1. The van der Waals surface area contributed by atoms with Gasteiger partial charge in [-0.1, -0.05) is 13.8 Å². The molecule has 3 nitrogen and oxygen atoms in total. The molecule has 1 rings (SSSR count). The number of anilines is 1. The van der Waals surface area contributed by atoms with Crippen LogP contribution in [0.3, 0.4) is 0 Å². The molecule has 0 aromatic heterocycles. The lowest BCUT2D eigenvalue weighted by atomic mass is 9.91. The molecule has 1 unspecified atom stereocenters. The van der Waals surface area contributed by atoms with E-state index in [0.717, 1.165) is 6.07 Å². The number of hydrogen-bond donors (Lipinski definition) is 2. The molecule has 0 radical (unpaired) electrons. The van der Waals surface area contributed by atoms with Crippen molar-refractivity contribution in [3.63, 3.8) is 0 Å². The van der Waals surface area contributed by atoms with E-state index in [-0.39, 0.29) is 5.69 Å². The van der Waals surface area contributed by atoms with E-state index in [1.165, 1.54) is 6.92 Å². The molecule has 0 aliphatic carbocycles. The van der Waals surface area contributed by atoms with E-state index in [9.17, 15) is 27.5 Å². The summed E-state index contributed by atoms with van der Waals surface area (Å²) in [5.74, 6) is -2.72. The topological polar surface area (TPSA) is 49.3 Å². The largest absolute Gasteiger partial charge is 0.419 e. The lowest BCUT2D eigenvalue weighted by Crippen LogP contribution is -2.44. The van der Waals surface area contributed by atoms with Gasteiger partial charge >= 0.3 is 6.18 Å². The third-order valence-electron chi connectivity index (χ3n) is 3.11. The van der Waals surface area contributed by atoms with E-state index in [4.69, 9.17) is 0 Å². The van der Waals surface area contributed by atoms with Crippen LogP contribution in [-0.2, 0) is 11.0 Å². The molecule has 0 saturated carbocycles. The van der Waals surface area contributed by atoms with E-state index < -0.39 is 35.0 Å². The van der Waals surface area contributed by atoms with Crippen molar-refractivity contribution < 1.29 is 27.5 Å². The van der Waals surface area contributed by atoms with E-state index in [0.29, 0.717) is 12.1 Å². The van der Waals surface area contributed by atoms with E-state index in [1.807, 2.05) is 0 Å². The van der Waals surface area contributed by atoms with Crippen molar-refractivity contribution in [1.29, 1.82) is 0 Å². The summed E-state index contributed by atoms with van der Waals surface area (Å²) < 4.78 is 50.7. The number of amides is 1. The SMILES string of the molecule is CC(C)C(C)(O)C(=O)Nc1ccc(F)c(C(F)(F)F)c1. The Balaban J connectivity index is 3.04. The molecule has 0 fully saturated rings. The van der Waals surface area contributed by atoms with Crippen molar-refractivity contribution >= 4 is 11.6 Å². The third kappa shape index (κ3) is 3.47. The number of carbonyl (C=O) groups excluding carboxylic acids is 1. The van der Waals surface area contributed by atoms with Crippen LogP contribution >= 0.6 is 0 Å². The predicted molar refractivity (Wildman–Crippen MR) is 65.5 cm³/mol. The highest BCUT2D eigenvalue weighted by atomic mass is 19.4. The number of nitrogens with one attached hydrogen (secondary N) is 1. The molecule has 1 atom stereocenters. The number of halogens is 4. The molecular weight excluding hydrogens is 278 g/mol. The van der Waals surface area contributed by atoms with Gasteiger partial charge in [-0.05, 0) is 31.0 Å². The standard InChI is InChI=1S/C13H15F4NO2/c1-7(2)12(3,20)11(19)18-8-4-5-10(14)9(6-8)13(15,16)17/h4-7,20H,1-3H3,(H,18,19). The maximum Gasteiger partial charge on any atom is 0.419 e. The summed E-state index contributed by atoms with van der Waals surface area (Å²) in [5, 5.41) is 12.0. The Kier molecular flexibility index (Phi) is 4.43. The van der Waals surface area contributed by atoms with Crippen LogP contribution in [0.4, 0.5) is 23.2 Å². The first-order valence-electron chi connectivity index (χ1n) is 5.87. The molecule has 0 aliphatic rings. The van der Waals surface area contributed by atoms with Gasteiger partial charge in [0.15, 0.2) is 0 Å². The summed E-state index contributed by atoms with van der Waals surface area (Å²) in [4.78, 5) is 11.8. The quantitative estimate of drug-likeness (QED) is 0.841. The van der Waals surface area contributed by atoms with Crippen molar-refractivity contribution in [2.75, 3.05) is 5.32 Å². The molecule has 112 valence electrons. The summed E-state index contributed by atoms with van der Waals surface area (Å²) in [6.45, 7) is 4.43. The third-order valence-corrected chi connectivity index (χ3v) is 3.11. The van der Waals surface area contributed by atoms with Gasteiger partial charge in [-0.15, -0.1) is 0 Å². The Morgan fingerprint density at radius 2 is 1.85 bits per heavy atom. The molecule has 0 aliphatic heterocycles. The number of alkyl halides is 3. The molecule has 0 spiro atoms. The smallest absolute Gasteiger partial charge is 0.380 e. The zero-order valence-corrected chi connectivity index (χ0v) is 11.2. The maximum absolute atomic E-state index is 13.1. The van der Waals surface area contributed by atoms with Gasteiger partial charge in [0.1, 0.15) is 11.4 Å². The number of carbonyl (C=O) groups is 1. The van der Waals surface area contributed by atoms with Crippen LogP contribution < -0.4 is 5.32 Å². The van der Waals surface area contributed by atoms with Crippen LogP contribution in [0.15, 0.2) is 18.2 Å². The Hall–Kier alpha value is -1.63. The van der Waals surface area contributed by atoms with Crippen molar-refractivity contribution in [1.82, 2.24) is 0 Å². The first-order valence-corrected chi connectivity index (χ1v) is 5.87. The van der Waals surface area contributed by atoms with Gasteiger partial charge in [0, 0.05) is 5.69 Å². The summed E-state index contributed by atoms with van der Waals surface area (Å²) in [7, 11) is 0. The van der Waals surface area contributed by atoms with Crippen molar-refractivity contribution in [3.8, 4) is 0 Å². The number of benzene rings is 1. The minimum Gasteiger partial charge on any atom is -0.380 e. The minimum atomic E-state index is -4.86. The van der Waals surface area contributed by atoms with E-state index >= 15 is 0 Å². The van der Waals surface area contributed by atoms with Crippen LogP contribution in [0.5, 0.6) is 0 Å². The Morgan fingerprint density at radius 1 is 1.30 bits per heavy atom. The summed E-state index contributed by atoms with van der Waals surface area (Å²) in [6.07, 6.45) is -4.86. The zero-order chi connectivity index (χ0) is 15.7. The average molecular weight is 293 g/mol. The van der Waals surface area contributed by atoms with Crippen LogP contribution in [0.1, 0.15) is 26.3 Å². The Labute approximate surface area is 113 Å². The van der Waals surface area contributed by atoms with Crippen molar-refractivity contribution in [2.45, 2.75) is 32.5 Å². The molecule has 7 heteroatoms. The Morgan fingerprint density at radius 3 is 2.30 bits per heavy atom. The lowest BCUT2D eigenvalue weighted by molar-refractivity contribution is -0.140. The van der Waals surface area contributed by atoms with Gasteiger partial charge in [0.05, 0.1) is 5.56 Å². The second-order valence-electron chi connectivity index (χ2n) is 4.95. The van der Waals surface area contributed by atoms with Gasteiger partial charge in [-0.3, -0.25) is 4.79 Å².